The van der Waals surface area contributed by atoms with Crippen LogP contribution in [-0.4, -0.2) is 14.5 Å². The fraction of sp³-hybridized carbons (Fsp3) is 0.231. The topological polar surface area (TPSA) is 30.7 Å². The van der Waals surface area contributed by atoms with Gasteiger partial charge in [0.1, 0.15) is 16.6 Å². The van der Waals surface area contributed by atoms with Crippen molar-refractivity contribution in [3.8, 4) is 0 Å². The number of benzene rings is 1. The Balaban J connectivity index is 2.25. The maximum Gasteiger partial charge on any atom is 0.139 e. The van der Waals surface area contributed by atoms with Crippen LogP contribution < -0.4 is 0 Å². The molecule has 2 aromatic heterocycles. The molecule has 1 atom stereocenters. The molecule has 20 heavy (non-hydrogen) atoms. The molecule has 0 aliphatic carbocycles. The second-order valence-corrected chi connectivity index (χ2v) is 6.38. The Bertz CT molecular complexity index is 757. The first kappa shape index (κ1) is 14.0. The molecule has 0 bridgehead atoms. The molecule has 3 rings (SSSR count). The Kier molecular flexibility index (Phi) is 3.79. The molecule has 0 saturated heterocycles. The number of rotatable bonds is 3. The third-order valence-corrected chi connectivity index (χ3v) is 4.91. The van der Waals surface area contributed by atoms with Gasteiger partial charge in [-0.3, -0.25) is 0 Å². The summed E-state index contributed by atoms with van der Waals surface area (Å²) in [6.07, 6.45) is 1.77. The van der Waals surface area contributed by atoms with Gasteiger partial charge in [-0.25, -0.2) is 14.4 Å². The molecule has 2 heterocycles. The first-order valence-electron chi connectivity index (χ1n) is 5.93. The Morgan fingerprint density at radius 1 is 1.50 bits per heavy atom. The van der Waals surface area contributed by atoms with Crippen molar-refractivity contribution in [3.05, 3.63) is 44.8 Å². The van der Waals surface area contributed by atoms with Gasteiger partial charge in [-0.15, -0.1) is 22.9 Å². The molecule has 104 valence electrons. The van der Waals surface area contributed by atoms with Crippen molar-refractivity contribution in [2.45, 2.75) is 18.8 Å². The molecule has 3 nitrogen and oxygen atoms in total. The second-order valence-electron chi connectivity index (χ2n) is 4.33. The second kappa shape index (κ2) is 5.42. The minimum atomic E-state index is -0.329. The monoisotopic (exact) mass is 373 g/mol. The summed E-state index contributed by atoms with van der Waals surface area (Å²) in [5.41, 5.74) is 1.45. The van der Waals surface area contributed by atoms with Crippen LogP contribution in [0.4, 0.5) is 4.39 Å². The molecule has 0 radical (unpaired) electrons. The van der Waals surface area contributed by atoms with Crippen molar-refractivity contribution in [1.82, 2.24) is 14.5 Å². The van der Waals surface area contributed by atoms with Gasteiger partial charge in [-0.05, 0) is 28.9 Å². The normalized spacial score (nSPS) is 13.0. The largest absolute Gasteiger partial charge is 0.317 e. The maximum absolute atomic E-state index is 13.6. The van der Waals surface area contributed by atoms with Crippen LogP contribution in [0, 0.1) is 5.82 Å². The Hall–Kier alpha value is -0.980. The van der Waals surface area contributed by atoms with E-state index in [1.54, 1.807) is 23.6 Å². The van der Waals surface area contributed by atoms with Gasteiger partial charge < -0.3 is 4.57 Å². The zero-order valence-corrected chi connectivity index (χ0v) is 13.6. The number of imidazole rings is 1. The number of halogens is 3. The molecular formula is C13H10BrClFN3S. The third-order valence-electron chi connectivity index (χ3n) is 3.12. The molecular weight excluding hydrogens is 365 g/mol. The minimum Gasteiger partial charge on any atom is -0.317 e. The molecule has 1 aromatic carbocycles. The highest BCUT2D eigenvalue weighted by Gasteiger charge is 2.19. The predicted molar refractivity (Wildman–Crippen MR) is 82.9 cm³/mol. The summed E-state index contributed by atoms with van der Waals surface area (Å²) in [7, 11) is 0. The Morgan fingerprint density at radius 3 is 2.95 bits per heavy atom. The van der Waals surface area contributed by atoms with E-state index < -0.39 is 0 Å². The number of hydrogen-bond acceptors (Lipinski definition) is 3. The number of hydrogen-bond donors (Lipinski definition) is 0. The minimum absolute atomic E-state index is 0.00566. The molecule has 0 spiro atoms. The fourth-order valence-electron chi connectivity index (χ4n) is 2.22. The summed E-state index contributed by atoms with van der Waals surface area (Å²) >= 11 is 10.8. The maximum atomic E-state index is 13.6. The van der Waals surface area contributed by atoms with Crippen LogP contribution in [0.15, 0.2) is 28.2 Å². The van der Waals surface area contributed by atoms with Crippen molar-refractivity contribution in [2.75, 3.05) is 0 Å². The van der Waals surface area contributed by atoms with Gasteiger partial charge in [-0.1, -0.05) is 0 Å². The van der Waals surface area contributed by atoms with E-state index in [2.05, 4.69) is 25.9 Å². The van der Waals surface area contributed by atoms with Gasteiger partial charge in [-0.2, -0.15) is 0 Å². The van der Waals surface area contributed by atoms with Gasteiger partial charge in [0.15, 0.2) is 0 Å². The van der Waals surface area contributed by atoms with Crippen molar-refractivity contribution in [1.29, 1.82) is 0 Å². The van der Waals surface area contributed by atoms with Crippen LogP contribution in [0.5, 0.6) is 0 Å². The van der Waals surface area contributed by atoms with E-state index in [1.807, 2.05) is 16.9 Å². The van der Waals surface area contributed by atoms with Crippen molar-refractivity contribution < 1.29 is 4.39 Å². The summed E-state index contributed by atoms with van der Waals surface area (Å²) in [6, 6.07) is 3.16. The van der Waals surface area contributed by atoms with E-state index in [0.717, 1.165) is 10.5 Å². The van der Waals surface area contributed by atoms with Gasteiger partial charge in [0.25, 0.3) is 0 Å². The smallest absolute Gasteiger partial charge is 0.139 e. The van der Waals surface area contributed by atoms with Gasteiger partial charge >= 0.3 is 0 Å². The van der Waals surface area contributed by atoms with Crippen LogP contribution in [0.1, 0.15) is 23.8 Å². The van der Waals surface area contributed by atoms with Crippen LogP contribution in [0.2, 0.25) is 0 Å². The van der Waals surface area contributed by atoms with Crippen LogP contribution in [-0.2, 0) is 5.88 Å². The average molecular weight is 375 g/mol. The lowest BCUT2D eigenvalue weighted by atomic mass is 10.2. The fourth-order valence-corrected chi connectivity index (χ4v) is 3.42. The molecule has 0 saturated carbocycles. The summed E-state index contributed by atoms with van der Waals surface area (Å²) in [6.45, 7) is 2.03. The summed E-state index contributed by atoms with van der Waals surface area (Å²) < 4.78 is 16.0. The third kappa shape index (κ3) is 2.25. The van der Waals surface area contributed by atoms with Crippen LogP contribution in [0.25, 0.3) is 11.0 Å². The molecule has 0 N–H and O–H groups in total. The zero-order valence-electron chi connectivity index (χ0n) is 10.5. The quantitative estimate of drug-likeness (QED) is 0.620. The molecule has 0 amide bonds. The van der Waals surface area contributed by atoms with E-state index in [1.165, 1.54) is 6.07 Å². The Morgan fingerprint density at radius 2 is 2.30 bits per heavy atom. The molecule has 3 aromatic rings. The van der Waals surface area contributed by atoms with Crippen LogP contribution >= 0.6 is 38.9 Å². The lowest BCUT2D eigenvalue weighted by molar-refractivity contribution is 0.619. The summed E-state index contributed by atoms with van der Waals surface area (Å²) in [4.78, 5) is 8.75. The number of nitrogens with zero attached hydrogens (tertiary/aromatic N) is 3. The van der Waals surface area contributed by atoms with Crippen molar-refractivity contribution in [3.63, 3.8) is 0 Å². The highest BCUT2D eigenvalue weighted by atomic mass is 79.9. The van der Waals surface area contributed by atoms with E-state index >= 15 is 0 Å². The summed E-state index contributed by atoms with van der Waals surface area (Å²) in [5.74, 6) is 0.649. The SMILES string of the molecule is CC(c1nccs1)n1c(CCl)nc2cc(F)c(Br)cc21. The lowest BCUT2D eigenvalue weighted by Crippen LogP contribution is -2.09. The van der Waals surface area contributed by atoms with E-state index in [0.29, 0.717) is 15.8 Å². The van der Waals surface area contributed by atoms with E-state index in [-0.39, 0.29) is 17.7 Å². The number of aromatic nitrogens is 3. The van der Waals surface area contributed by atoms with E-state index in [4.69, 9.17) is 11.6 Å². The van der Waals surface area contributed by atoms with Crippen LogP contribution in [0.3, 0.4) is 0 Å². The predicted octanol–water partition coefficient (Wildman–Crippen LogP) is 4.74. The van der Waals surface area contributed by atoms with Crippen molar-refractivity contribution in [2.24, 2.45) is 0 Å². The highest BCUT2D eigenvalue weighted by Crippen LogP contribution is 2.30. The lowest BCUT2D eigenvalue weighted by Gasteiger charge is -2.14. The molecule has 7 heteroatoms. The standard InChI is InChI=1S/C13H10BrClFN3S/c1-7(13-17-2-3-20-13)19-11-4-8(14)9(16)5-10(11)18-12(19)6-15/h2-5,7H,6H2,1H3. The first-order valence-corrected chi connectivity index (χ1v) is 8.13. The van der Waals surface area contributed by atoms with Gasteiger partial charge in [0.2, 0.25) is 0 Å². The first-order chi connectivity index (χ1) is 9.61. The number of alkyl halides is 1. The van der Waals surface area contributed by atoms with Gasteiger partial charge in [0, 0.05) is 17.6 Å². The average Bonchev–Trinajstić information content (AvgIpc) is 3.06. The highest BCUT2D eigenvalue weighted by molar-refractivity contribution is 9.10. The molecule has 0 aliphatic rings. The zero-order chi connectivity index (χ0) is 14.3. The molecule has 0 fully saturated rings. The Labute approximate surface area is 132 Å². The summed E-state index contributed by atoms with van der Waals surface area (Å²) in [5, 5.41) is 2.90. The molecule has 1 unspecified atom stereocenters. The number of fused-ring (bicyclic) bond motifs is 1. The molecule has 0 aliphatic heterocycles. The van der Waals surface area contributed by atoms with Crippen molar-refractivity contribution >= 4 is 49.9 Å². The van der Waals surface area contributed by atoms with E-state index in [9.17, 15) is 4.39 Å². The van der Waals surface area contributed by atoms with Gasteiger partial charge in [0.05, 0.1) is 27.4 Å². The number of thiazole rings is 1.